The van der Waals surface area contributed by atoms with Crippen LogP contribution in [0.4, 0.5) is 0 Å². The molecule has 0 fully saturated rings. The number of benzene rings is 1. The fraction of sp³-hybridized carbons (Fsp3) is 0.0909. The van der Waals surface area contributed by atoms with Crippen LogP contribution in [0.25, 0.3) is 10.9 Å². The molecule has 13 heavy (non-hydrogen) atoms. The number of aromatic nitrogens is 1. The summed E-state index contributed by atoms with van der Waals surface area (Å²) in [7, 11) is 0. The van der Waals surface area contributed by atoms with Gasteiger partial charge in [0.2, 0.25) is 0 Å². The maximum Gasteiger partial charge on any atom is 0.141 e. The molecule has 0 bridgehead atoms. The highest BCUT2D eigenvalue weighted by molar-refractivity contribution is 5.82. The van der Waals surface area contributed by atoms with Crippen LogP contribution < -0.4 is 0 Å². The van der Waals surface area contributed by atoms with E-state index >= 15 is 0 Å². The van der Waals surface area contributed by atoms with Gasteiger partial charge >= 0.3 is 0 Å². The molecule has 2 heteroatoms. The predicted octanol–water partition coefficient (Wildman–Crippen LogP) is 2.41. The zero-order chi connectivity index (χ0) is 9.26. The van der Waals surface area contributed by atoms with E-state index < -0.39 is 0 Å². The molecule has 2 nitrogen and oxygen atoms in total. The molecule has 0 saturated carbocycles. The second-order valence-corrected chi connectivity index (χ2v) is 2.95. The van der Waals surface area contributed by atoms with Crippen LogP contribution >= 0.6 is 0 Å². The number of para-hydroxylation sites is 1. The van der Waals surface area contributed by atoms with Gasteiger partial charge in [-0.2, -0.15) is 5.26 Å². The molecule has 1 heterocycles. The molecule has 0 saturated heterocycles. The molecular formula is C11H8N2. The summed E-state index contributed by atoms with van der Waals surface area (Å²) in [5, 5.41) is 9.82. The topological polar surface area (TPSA) is 36.7 Å². The van der Waals surface area contributed by atoms with E-state index in [1.807, 2.05) is 43.3 Å². The highest BCUT2D eigenvalue weighted by atomic mass is 14.7. The molecule has 0 amide bonds. The van der Waals surface area contributed by atoms with E-state index in [1.165, 1.54) is 0 Å². The first-order valence-electron chi connectivity index (χ1n) is 4.08. The van der Waals surface area contributed by atoms with Crippen molar-refractivity contribution in [1.82, 2.24) is 4.98 Å². The fourth-order valence-electron chi connectivity index (χ4n) is 1.41. The minimum Gasteiger partial charge on any atom is -0.237 e. The molecular weight excluding hydrogens is 160 g/mol. The summed E-state index contributed by atoms with van der Waals surface area (Å²) in [6.07, 6.45) is 0. The van der Waals surface area contributed by atoms with Gasteiger partial charge in [0.05, 0.1) is 5.52 Å². The standard InChI is InChI=1S/C11H8N2/c1-8-6-9(7-12)13-11-5-3-2-4-10(8)11/h2-6H,1H3. The van der Waals surface area contributed by atoms with Gasteiger partial charge in [-0.3, -0.25) is 0 Å². The average molecular weight is 168 g/mol. The third-order valence-electron chi connectivity index (χ3n) is 2.04. The lowest BCUT2D eigenvalue weighted by molar-refractivity contribution is 1.30. The smallest absolute Gasteiger partial charge is 0.141 e. The Morgan fingerprint density at radius 1 is 1.31 bits per heavy atom. The highest BCUT2D eigenvalue weighted by Crippen LogP contribution is 2.16. The van der Waals surface area contributed by atoms with Crippen molar-refractivity contribution >= 4 is 10.9 Å². The Balaban J connectivity index is 2.86. The predicted molar refractivity (Wildman–Crippen MR) is 51.2 cm³/mol. The van der Waals surface area contributed by atoms with Gasteiger partial charge in [0.15, 0.2) is 0 Å². The lowest BCUT2D eigenvalue weighted by Crippen LogP contribution is -1.87. The van der Waals surface area contributed by atoms with Crippen molar-refractivity contribution in [2.75, 3.05) is 0 Å². The largest absolute Gasteiger partial charge is 0.237 e. The number of nitrogens with zero attached hydrogens (tertiary/aromatic N) is 2. The lowest BCUT2D eigenvalue weighted by Gasteiger charge is -2.00. The summed E-state index contributed by atoms with van der Waals surface area (Å²) in [6.45, 7) is 1.99. The molecule has 0 aliphatic carbocycles. The van der Waals surface area contributed by atoms with E-state index in [1.54, 1.807) is 0 Å². The van der Waals surface area contributed by atoms with Crippen molar-refractivity contribution in [3.63, 3.8) is 0 Å². The third kappa shape index (κ3) is 1.25. The summed E-state index contributed by atoms with van der Waals surface area (Å²) >= 11 is 0. The summed E-state index contributed by atoms with van der Waals surface area (Å²) in [5.74, 6) is 0. The van der Waals surface area contributed by atoms with Gasteiger partial charge < -0.3 is 0 Å². The third-order valence-corrected chi connectivity index (χ3v) is 2.04. The first kappa shape index (κ1) is 7.75. The van der Waals surface area contributed by atoms with Gasteiger partial charge in [0, 0.05) is 5.39 Å². The number of fused-ring (bicyclic) bond motifs is 1. The number of aryl methyl sites for hydroxylation is 1. The second kappa shape index (κ2) is 2.87. The lowest BCUT2D eigenvalue weighted by atomic mass is 10.1. The van der Waals surface area contributed by atoms with Crippen LogP contribution in [0.2, 0.25) is 0 Å². The maximum absolute atomic E-state index is 8.71. The molecule has 2 aromatic rings. The monoisotopic (exact) mass is 168 g/mol. The molecule has 0 aliphatic rings. The van der Waals surface area contributed by atoms with Gasteiger partial charge in [-0.25, -0.2) is 4.98 Å². The minimum atomic E-state index is 0.483. The number of rotatable bonds is 0. The highest BCUT2D eigenvalue weighted by Gasteiger charge is 1.99. The van der Waals surface area contributed by atoms with E-state index in [0.29, 0.717) is 5.69 Å². The first-order valence-corrected chi connectivity index (χ1v) is 4.08. The molecule has 0 unspecified atom stereocenters. The Kier molecular flexibility index (Phi) is 1.71. The zero-order valence-electron chi connectivity index (χ0n) is 7.28. The summed E-state index contributed by atoms with van der Waals surface area (Å²) in [6, 6.07) is 11.7. The Morgan fingerprint density at radius 2 is 2.08 bits per heavy atom. The molecule has 1 aromatic carbocycles. The summed E-state index contributed by atoms with van der Waals surface area (Å²) in [5.41, 5.74) is 2.47. The number of nitriles is 1. The van der Waals surface area contributed by atoms with Crippen molar-refractivity contribution in [2.45, 2.75) is 6.92 Å². The van der Waals surface area contributed by atoms with E-state index in [4.69, 9.17) is 5.26 Å². The molecule has 0 radical (unpaired) electrons. The van der Waals surface area contributed by atoms with Crippen LogP contribution in [0.5, 0.6) is 0 Å². The Labute approximate surface area is 76.5 Å². The number of pyridine rings is 1. The molecule has 2 rings (SSSR count). The second-order valence-electron chi connectivity index (χ2n) is 2.95. The molecule has 0 spiro atoms. The first-order chi connectivity index (χ1) is 6.31. The normalized spacial score (nSPS) is 9.85. The fourth-order valence-corrected chi connectivity index (χ4v) is 1.41. The molecule has 0 N–H and O–H groups in total. The van der Waals surface area contributed by atoms with Crippen molar-refractivity contribution in [2.24, 2.45) is 0 Å². The van der Waals surface area contributed by atoms with Crippen LogP contribution in [0, 0.1) is 18.3 Å². The van der Waals surface area contributed by atoms with Crippen molar-refractivity contribution < 1.29 is 0 Å². The van der Waals surface area contributed by atoms with E-state index in [-0.39, 0.29) is 0 Å². The molecule has 62 valence electrons. The Hall–Kier alpha value is -1.88. The zero-order valence-corrected chi connectivity index (χ0v) is 7.28. The van der Waals surface area contributed by atoms with Crippen LogP contribution in [-0.4, -0.2) is 4.98 Å². The van der Waals surface area contributed by atoms with Crippen LogP contribution in [-0.2, 0) is 0 Å². The summed E-state index contributed by atoms with van der Waals surface area (Å²) < 4.78 is 0. The number of hydrogen-bond acceptors (Lipinski definition) is 2. The van der Waals surface area contributed by atoms with Crippen LogP contribution in [0.3, 0.4) is 0 Å². The van der Waals surface area contributed by atoms with Crippen LogP contribution in [0.1, 0.15) is 11.3 Å². The SMILES string of the molecule is Cc1cc(C#N)nc2ccccc12. The average Bonchev–Trinajstić information content (AvgIpc) is 2.18. The molecule has 0 aliphatic heterocycles. The minimum absolute atomic E-state index is 0.483. The molecule has 1 aromatic heterocycles. The van der Waals surface area contributed by atoms with E-state index in [0.717, 1.165) is 16.5 Å². The van der Waals surface area contributed by atoms with Crippen LogP contribution in [0.15, 0.2) is 30.3 Å². The van der Waals surface area contributed by atoms with Gasteiger partial charge in [-0.05, 0) is 24.6 Å². The summed E-state index contributed by atoms with van der Waals surface area (Å²) in [4.78, 5) is 4.19. The maximum atomic E-state index is 8.71. The van der Waals surface area contributed by atoms with Crippen molar-refractivity contribution in [3.05, 3.63) is 41.6 Å². The molecule has 0 atom stereocenters. The Morgan fingerprint density at radius 3 is 2.85 bits per heavy atom. The quantitative estimate of drug-likeness (QED) is 0.605. The van der Waals surface area contributed by atoms with Crippen molar-refractivity contribution in [3.8, 4) is 6.07 Å². The van der Waals surface area contributed by atoms with E-state index in [9.17, 15) is 0 Å². The van der Waals surface area contributed by atoms with Gasteiger partial charge in [-0.15, -0.1) is 0 Å². The number of hydrogen-bond donors (Lipinski definition) is 0. The van der Waals surface area contributed by atoms with E-state index in [2.05, 4.69) is 4.98 Å². The van der Waals surface area contributed by atoms with Gasteiger partial charge in [0.25, 0.3) is 0 Å². The Bertz CT molecular complexity index is 495. The van der Waals surface area contributed by atoms with Crippen molar-refractivity contribution in [1.29, 1.82) is 5.26 Å². The van der Waals surface area contributed by atoms with Gasteiger partial charge in [-0.1, -0.05) is 18.2 Å². The van der Waals surface area contributed by atoms with Gasteiger partial charge in [0.1, 0.15) is 11.8 Å².